The van der Waals surface area contributed by atoms with Crippen LogP contribution in [0.2, 0.25) is 0 Å². The molecule has 2 N–H and O–H groups in total. The van der Waals surface area contributed by atoms with Crippen molar-refractivity contribution in [1.29, 1.82) is 0 Å². The van der Waals surface area contributed by atoms with Crippen LogP contribution < -0.4 is 15.4 Å². The number of para-hydroxylation sites is 1. The minimum Gasteiger partial charge on any atom is -0.457 e. The molecule has 1 saturated heterocycles. The summed E-state index contributed by atoms with van der Waals surface area (Å²) in [5, 5.41) is 3.86. The lowest BCUT2D eigenvalue weighted by Gasteiger charge is -2.09. The molecule has 1 aliphatic heterocycles. The minimum atomic E-state index is -0.644. The Morgan fingerprint density at radius 3 is 2.36 bits per heavy atom. The lowest BCUT2D eigenvalue weighted by Crippen LogP contribution is -2.30. The van der Waals surface area contributed by atoms with E-state index in [-0.39, 0.29) is 12.3 Å². The molecule has 2 aromatic rings. The molecule has 1 fully saturated rings. The summed E-state index contributed by atoms with van der Waals surface area (Å²) in [7, 11) is 0. The summed E-state index contributed by atoms with van der Waals surface area (Å²) in [6, 6.07) is 16.8. The van der Waals surface area contributed by atoms with Gasteiger partial charge in [0.15, 0.2) is 0 Å². The van der Waals surface area contributed by atoms with E-state index in [0.717, 1.165) is 23.1 Å². The first-order chi connectivity index (χ1) is 12.1. The van der Waals surface area contributed by atoms with E-state index < -0.39 is 16.4 Å². The number of benzene rings is 2. The second-order valence-electron chi connectivity index (χ2n) is 5.42. The highest BCUT2D eigenvalue weighted by Gasteiger charge is 2.33. The van der Waals surface area contributed by atoms with Gasteiger partial charge in [0.1, 0.15) is 16.7 Å². The van der Waals surface area contributed by atoms with Gasteiger partial charge in [-0.05, 0) is 29.8 Å². The average Bonchev–Trinajstić information content (AvgIpc) is 2.92. The second kappa shape index (κ2) is 7.85. The highest BCUT2D eigenvalue weighted by Crippen LogP contribution is 2.22. The Hall–Kier alpha value is -2.80. The maximum atomic E-state index is 11.9. The van der Waals surface area contributed by atoms with Gasteiger partial charge in [-0.1, -0.05) is 42.1 Å². The highest BCUT2D eigenvalue weighted by molar-refractivity contribution is 8.15. The van der Waals surface area contributed by atoms with Crippen molar-refractivity contribution in [3.8, 4) is 11.5 Å². The maximum Gasteiger partial charge on any atom is 0.286 e. The van der Waals surface area contributed by atoms with Gasteiger partial charge in [0.05, 0.1) is 0 Å². The summed E-state index contributed by atoms with van der Waals surface area (Å²) in [6.07, 6.45) is -0.0164. The van der Waals surface area contributed by atoms with Crippen LogP contribution in [-0.2, 0) is 16.1 Å². The molecule has 0 aromatic heterocycles. The van der Waals surface area contributed by atoms with Gasteiger partial charge in [0, 0.05) is 13.0 Å². The van der Waals surface area contributed by atoms with Gasteiger partial charge < -0.3 is 10.1 Å². The van der Waals surface area contributed by atoms with Crippen LogP contribution in [0.25, 0.3) is 0 Å². The number of imide groups is 1. The number of thioether (sulfide) groups is 1. The fourth-order valence-corrected chi connectivity index (χ4v) is 3.09. The molecule has 0 radical (unpaired) electrons. The van der Waals surface area contributed by atoms with E-state index in [1.807, 2.05) is 54.6 Å². The predicted molar refractivity (Wildman–Crippen MR) is 94.3 cm³/mol. The van der Waals surface area contributed by atoms with Gasteiger partial charge in [0.25, 0.3) is 5.24 Å². The largest absolute Gasteiger partial charge is 0.457 e. The summed E-state index contributed by atoms with van der Waals surface area (Å²) in [6.45, 7) is 0.345. The summed E-state index contributed by atoms with van der Waals surface area (Å²) < 4.78 is 5.70. The maximum absolute atomic E-state index is 11.9. The Balaban J connectivity index is 1.47. The first-order valence-corrected chi connectivity index (χ1v) is 8.58. The zero-order valence-electron chi connectivity index (χ0n) is 13.2. The van der Waals surface area contributed by atoms with Crippen molar-refractivity contribution < 1.29 is 19.1 Å². The van der Waals surface area contributed by atoms with Crippen molar-refractivity contribution in [1.82, 2.24) is 10.6 Å². The third kappa shape index (κ3) is 4.84. The van der Waals surface area contributed by atoms with Crippen LogP contribution in [0.5, 0.6) is 11.5 Å². The normalized spacial score (nSPS) is 16.4. The Labute approximate surface area is 148 Å². The molecule has 1 atom stereocenters. The smallest absolute Gasteiger partial charge is 0.286 e. The number of carbonyl (C=O) groups is 3. The molecule has 1 aliphatic rings. The number of ether oxygens (including phenoxy) is 1. The average molecular weight is 356 g/mol. The number of nitrogens with one attached hydrogen (secondary N) is 2. The van der Waals surface area contributed by atoms with E-state index >= 15 is 0 Å². The second-order valence-corrected chi connectivity index (χ2v) is 6.60. The molecule has 3 rings (SSSR count). The summed E-state index contributed by atoms with van der Waals surface area (Å²) in [4.78, 5) is 34.4. The molecule has 0 aliphatic carbocycles. The van der Waals surface area contributed by atoms with Crippen LogP contribution in [0.15, 0.2) is 54.6 Å². The molecule has 1 unspecified atom stereocenters. The Morgan fingerprint density at radius 2 is 1.72 bits per heavy atom. The summed E-state index contributed by atoms with van der Waals surface area (Å²) >= 11 is 0.850. The Morgan fingerprint density at radius 1 is 1.04 bits per heavy atom. The molecule has 6 nitrogen and oxygen atoms in total. The molecule has 7 heteroatoms. The van der Waals surface area contributed by atoms with Crippen molar-refractivity contribution in [2.45, 2.75) is 18.2 Å². The predicted octanol–water partition coefficient (Wildman–Crippen LogP) is 2.84. The van der Waals surface area contributed by atoms with Gasteiger partial charge in [-0.2, -0.15) is 0 Å². The van der Waals surface area contributed by atoms with Crippen LogP contribution in [-0.4, -0.2) is 22.3 Å². The molecule has 0 saturated carbocycles. The monoisotopic (exact) mass is 356 g/mol. The van der Waals surface area contributed by atoms with Crippen LogP contribution in [0.4, 0.5) is 4.79 Å². The van der Waals surface area contributed by atoms with Crippen LogP contribution in [0.1, 0.15) is 12.0 Å². The van der Waals surface area contributed by atoms with Crippen LogP contribution in [0.3, 0.4) is 0 Å². The quantitative estimate of drug-likeness (QED) is 0.831. The highest BCUT2D eigenvalue weighted by atomic mass is 32.2. The molecular weight excluding hydrogens is 340 g/mol. The van der Waals surface area contributed by atoms with Gasteiger partial charge >= 0.3 is 0 Å². The van der Waals surface area contributed by atoms with Gasteiger partial charge in [0.2, 0.25) is 11.8 Å². The van der Waals surface area contributed by atoms with E-state index in [4.69, 9.17) is 4.74 Å². The van der Waals surface area contributed by atoms with Crippen molar-refractivity contribution in [2.75, 3.05) is 0 Å². The number of hydrogen-bond donors (Lipinski definition) is 2. The summed E-state index contributed by atoms with van der Waals surface area (Å²) in [5.74, 6) is 0.781. The zero-order chi connectivity index (χ0) is 17.6. The molecule has 0 spiro atoms. The molecule has 1 heterocycles. The van der Waals surface area contributed by atoms with E-state index in [9.17, 15) is 14.4 Å². The summed E-state index contributed by atoms with van der Waals surface area (Å²) in [5.41, 5.74) is 0.911. The fraction of sp³-hybridized carbons (Fsp3) is 0.167. The van der Waals surface area contributed by atoms with Crippen molar-refractivity contribution >= 4 is 28.8 Å². The Kier molecular flexibility index (Phi) is 5.35. The van der Waals surface area contributed by atoms with Gasteiger partial charge in [-0.3, -0.25) is 19.7 Å². The molecule has 3 amide bonds. The topological polar surface area (TPSA) is 84.5 Å². The van der Waals surface area contributed by atoms with E-state index in [1.165, 1.54) is 0 Å². The van der Waals surface area contributed by atoms with Gasteiger partial charge in [-0.15, -0.1) is 0 Å². The van der Waals surface area contributed by atoms with Crippen molar-refractivity contribution in [2.24, 2.45) is 0 Å². The standard InChI is InChI=1S/C18H16N2O4S/c21-16(10-15-17(22)20-18(23)25-15)19-11-12-6-8-14(9-7-12)24-13-4-2-1-3-5-13/h1-9,15H,10-11H2,(H,19,21)(H,20,22,23). The van der Waals surface area contributed by atoms with Crippen molar-refractivity contribution in [3.05, 3.63) is 60.2 Å². The minimum absolute atomic E-state index is 0.0164. The van der Waals surface area contributed by atoms with E-state index in [1.54, 1.807) is 0 Å². The first-order valence-electron chi connectivity index (χ1n) is 7.70. The number of rotatable bonds is 6. The number of amides is 3. The van der Waals surface area contributed by atoms with Crippen LogP contribution in [0, 0.1) is 0 Å². The number of hydrogen-bond acceptors (Lipinski definition) is 5. The molecule has 128 valence electrons. The molecule has 2 aromatic carbocycles. The van der Waals surface area contributed by atoms with Crippen LogP contribution >= 0.6 is 11.8 Å². The number of carbonyl (C=O) groups excluding carboxylic acids is 3. The Bertz CT molecular complexity index is 777. The molecular formula is C18H16N2O4S. The third-order valence-electron chi connectivity index (χ3n) is 3.53. The van der Waals surface area contributed by atoms with E-state index in [2.05, 4.69) is 10.6 Å². The molecule has 0 bridgehead atoms. The van der Waals surface area contributed by atoms with Gasteiger partial charge in [-0.25, -0.2) is 0 Å². The van der Waals surface area contributed by atoms with Crippen molar-refractivity contribution in [3.63, 3.8) is 0 Å². The first kappa shape index (κ1) is 17.0. The zero-order valence-corrected chi connectivity index (χ0v) is 14.0. The third-order valence-corrected chi connectivity index (χ3v) is 4.51. The fourth-order valence-electron chi connectivity index (χ4n) is 2.27. The lowest BCUT2D eigenvalue weighted by molar-refractivity contribution is -0.125. The SMILES string of the molecule is O=C(CC1SC(=O)NC1=O)NCc1ccc(Oc2ccccc2)cc1. The lowest BCUT2D eigenvalue weighted by atomic mass is 10.2. The molecule has 25 heavy (non-hydrogen) atoms. The van der Waals surface area contributed by atoms with E-state index in [0.29, 0.717) is 12.3 Å².